The summed E-state index contributed by atoms with van der Waals surface area (Å²) in [6, 6.07) is 0. The Kier molecular flexibility index (Phi) is 2.03. The lowest BCUT2D eigenvalue weighted by atomic mass is 10.4. The van der Waals surface area contributed by atoms with Crippen LogP contribution in [0.15, 0.2) is 22.9 Å². The first-order valence-corrected chi connectivity index (χ1v) is 3.28. The monoisotopic (exact) mass is 170 g/mol. The van der Waals surface area contributed by atoms with Gasteiger partial charge in [0, 0.05) is 5.41 Å². The fourth-order valence-corrected chi connectivity index (χ4v) is 1.01. The van der Waals surface area contributed by atoms with Crippen LogP contribution in [0.25, 0.3) is 0 Å². The molecule has 1 unspecified atom stereocenters. The molecule has 0 amide bonds. The third-order valence-corrected chi connectivity index (χ3v) is 1.70. The zero-order valence-electron chi connectivity index (χ0n) is 4.57. The van der Waals surface area contributed by atoms with Gasteiger partial charge in [0.15, 0.2) is 17.5 Å². The molecule has 0 spiro atoms. The van der Waals surface area contributed by atoms with Crippen LogP contribution < -0.4 is 0 Å². The maximum atomic E-state index is 12.1. The number of rotatable bonds is 0. The summed E-state index contributed by atoms with van der Waals surface area (Å²) in [5, 5.41) is 0.600. The normalized spacial score (nSPS) is 26.8. The minimum Gasteiger partial charge on any atom is -0.227 e. The molecule has 0 bridgehead atoms. The number of alkyl halides is 1. The quantitative estimate of drug-likeness (QED) is 0.503. The van der Waals surface area contributed by atoms with E-state index in [2.05, 4.69) is 0 Å². The Morgan fingerprint density at radius 1 is 1.30 bits per heavy atom. The van der Waals surface area contributed by atoms with Crippen molar-refractivity contribution in [1.82, 2.24) is 0 Å². The maximum absolute atomic E-state index is 12.1. The molecule has 5 heteroatoms. The predicted octanol–water partition coefficient (Wildman–Crippen LogP) is 2.99. The van der Waals surface area contributed by atoms with Crippen LogP contribution in [0.2, 0.25) is 0 Å². The average Bonchev–Trinajstić information content (AvgIpc) is 1.93. The van der Waals surface area contributed by atoms with Gasteiger partial charge in [-0.1, -0.05) is 11.8 Å². The Hall–Kier alpha value is -0.450. The Bertz CT molecular complexity index is 208. The zero-order valence-corrected chi connectivity index (χ0v) is 5.39. The first kappa shape index (κ1) is 7.65. The van der Waals surface area contributed by atoms with Crippen LogP contribution in [0.3, 0.4) is 0 Å². The molecule has 10 heavy (non-hydrogen) atoms. The van der Waals surface area contributed by atoms with E-state index >= 15 is 0 Å². The van der Waals surface area contributed by atoms with Gasteiger partial charge >= 0.3 is 0 Å². The summed E-state index contributed by atoms with van der Waals surface area (Å²) in [7, 11) is 0. The van der Waals surface area contributed by atoms with E-state index in [-0.39, 0.29) is 11.8 Å². The summed E-state index contributed by atoms with van der Waals surface area (Å²) in [5.74, 6) is -4.76. The third kappa shape index (κ3) is 1.18. The summed E-state index contributed by atoms with van der Waals surface area (Å²) in [5.41, 5.74) is -2.10. The lowest BCUT2D eigenvalue weighted by Crippen LogP contribution is -2.00. The van der Waals surface area contributed by atoms with Crippen molar-refractivity contribution in [2.45, 2.75) is 5.50 Å². The molecule has 1 rings (SSSR count). The molecule has 0 saturated heterocycles. The summed E-state index contributed by atoms with van der Waals surface area (Å²) < 4.78 is 48.2. The number of allylic oxidation sites excluding steroid dienone is 2. The molecule has 1 heterocycles. The smallest absolute Gasteiger partial charge is 0.204 e. The van der Waals surface area contributed by atoms with Crippen molar-refractivity contribution in [3.05, 3.63) is 22.9 Å². The highest BCUT2D eigenvalue weighted by Crippen LogP contribution is 2.35. The van der Waals surface area contributed by atoms with Gasteiger partial charge in [0.25, 0.3) is 0 Å². The molecule has 0 nitrogen and oxygen atoms in total. The van der Waals surface area contributed by atoms with Gasteiger partial charge in [-0.25, -0.2) is 17.6 Å². The largest absolute Gasteiger partial charge is 0.227 e. The number of halogens is 4. The van der Waals surface area contributed by atoms with Crippen molar-refractivity contribution in [3.63, 3.8) is 0 Å². The molecule has 0 radical (unpaired) electrons. The molecule has 0 fully saturated rings. The van der Waals surface area contributed by atoms with Gasteiger partial charge in [-0.2, -0.15) is 0 Å². The second-order valence-electron chi connectivity index (χ2n) is 1.58. The summed E-state index contributed by atoms with van der Waals surface area (Å²) in [4.78, 5) is 0. The molecule has 1 atom stereocenters. The predicted molar refractivity (Wildman–Crippen MR) is 30.9 cm³/mol. The van der Waals surface area contributed by atoms with E-state index in [0.29, 0.717) is 5.41 Å². The van der Waals surface area contributed by atoms with E-state index in [1.54, 1.807) is 0 Å². The van der Waals surface area contributed by atoms with Crippen LogP contribution in [0.1, 0.15) is 0 Å². The first-order valence-electron chi connectivity index (χ1n) is 2.33. The zero-order chi connectivity index (χ0) is 7.72. The molecule has 0 aromatic rings. The molecule has 0 aromatic heterocycles. The highest BCUT2D eigenvalue weighted by Gasteiger charge is 2.25. The topological polar surface area (TPSA) is 0 Å². The Labute approximate surface area is 58.6 Å². The van der Waals surface area contributed by atoms with E-state index in [1.807, 2.05) is 0 Å². The Balaban J connectivity index is 2.94. The van der Waals surface area contributed by atoms with E-state index in [4.69, 9.17) is 0 Å². The van der Waals surface area contributed by atoms with Gasteiger partial charge in [-0.3, -0.25) is 0 Å². The Morgan fingerprint density at radius 2 is 1.90 bits per heavy atom. The lowest BCUT2D eigenvalue weighted by molar-refractivity contribution is 0.389. The van der Waals surface area contributed by atoms with Gasteiger partial charge in [0.05, 0.1) is 0 Å². The minimum absolute atomic E-state index is 0.261. The molecule has 0 saturated carbocycles. The van der Waals surface area contributed by atoms with Crippen molar-refractivity contribution in [3.8, 4) is 0 Å². The summed E-state index contributed by atoms with van der Waals surface area (Å²) >= 11 is 0.261. The lowest BCUT2D eigenvalue weighted by Gasteiger charge is -2.07. The average molecular weight is 170 g/mol. The fraction of sp³-hybridized carbons (Fsp3) is 0.200. The minimum atomic E-state index is -2.10. The summed E-state index contributed by atoms with van der Waals surface area (Å²) in [6.07, 6.45) is 0. The van der Waals surface area contributed by atoms with Crippen LogP contribution >= 0.6 is 11.8 Å². The number of thioether (sulfide) groups is 1. The van der Waals surface area contributed by atoms with Gasteiger partial charge in [0.2, 0.25) is 5.50 Å². The van der Waals surface area contributed by atoms with Crippen molar-refractivity contribution in [1.29, 1.82) is 0 Å². The van der Waals surface area contributed by atoms with Crippen molar-refractivity contribution >= 4 is 11.8 Å². The fourth-order valence-electron chi connectivity index (χ4n) is 0.445. The summed E-state index contributed by atoms with van der Waals surface area (Å²) in [6.45, 7) is 0. The van der Waals surface area contributed by atoms with E-state index < -0.39 is 23.0 Å². The molecule has 56 valence electrons. The van der Waals surface area contributed by atoms with Crippen molar-refractivity contribution < 1.29 is 17.6 Å². The number of hydrogen-bond donors (Lipinski definition) is 0. The van der Waals surface area contributed by atoms with Crippen LogP contribution in [0, 0.1) is 0 Å². The molecule has 1 aliphatic heterocycles. The number of hydrogen-bond acceptors (Lipinski definition) is 1. The second-order valence-corrected chi connectivity index (χ2v) is 2.50. The molecule has 0 aromatic carbocycles. The van der Waals surface area contributed by atoms with Crippen LogP contribution in [-0.2, 0) is 0 Å². The van der Waals surface area contributed by atoms with E-state index in [9.17, 15) is 17.6 Å². The molecule has 0 aliphatic carbocycles. The SMILES string of the molecule is FC1=CSC(F)C(F)=C1F. The van der Waals surface area contributed by atoms with E-state index in [0.717, 1.165) is 0 Å². The first-order chi connectivity index (χ1) is 4.63. The van der Waals surface area contributed by atoms with Gasteiger partial charge in [0.1, 0.15) is 0 Å². The molecular weight excluding hydrogens is 168 g/mol. The molecule has 0 N–H and O–H groups in total. The van der Waals surface area contributed by atoms with Gasteiger partial charge < -0.3 is 0 Å². The molecule has 1 aliphatic rings. The molecular formula is C5H2F4S. The van der Waals surface area contributed by atoms with Gasteiger partial charge in [-0.15, -0.1) is 0 Å². The van der Waals surface area contributed by atoms with Crippen molar-refractivity contribution in [2.24, 2.45) is 0 Å². The Morgan fingerprint density at radius 3 is 2.40 bits per heavy atom. The van der Waals surface area contributed by atoms with Crippen LogP contribution in [0.5, 0.6) is 0 Å². The van der Waals surface area contributed by atoms with Crippen LogP contribution in [-0.4, -0.2) is 5.50 Å². The maximum Gasteiger partial charge on any atom is 0.204 e. The van der Waals surface area contributed by atoms with Crippen molar-refractivity contribution in [2.75, 3.05) is 0 Å². The van der Waals surface area contributed by atoms with Crippen LogP contribution in [0.4, 0.5) is 17.6 Å². The third-order valence-electron chi connectivity index (χ3n) is 0.910. The van der Waals surface area contributed by atoms with Gasteiger partial charge in [-0.05, 0) is 0 Å². The van der Waals surface area contributed by atoms with E-state index in [1.165, 1.54) is 0 Å². The highest BCUT2D eigenvalue weighted by molar-refractivity contribution is 8.02. The second kappa shape index (κ2) is 2.65. The highest BCUT2D eigenvalue weighted by atomic mass is 32.2. The standard InChI is InChI=1S/C5H2F4S/c6-2-1-10-5(9)4(8)3(2)7/h1,5H.